The van der Waals surface area contributed by atoms with Crippen molar-refractivity contribution in [3.8, 4) is 0 Å². The summed E-state index contributed by atoms with van der Waals surface area (Å²) in [5.41, 5.74) is 1.97. The first kappa shape index (κ1) is 17.5. The largest absolute Gasteiger partial charge is 0.356 e. The van der Waals surface area contributed by atoms with E-state index in [0.717, 1.165) is 55.2 Å². The van der Waals surface area contributed by atoms with Gasteiger partial charge in [-0.05, 0) is 43.0 Å². The van der Waals surface area contributed by atoms with Gasteiger partial charge in [-0.2, -0.15) is 0 Å². The summed E-state index contributed by atoms with van der Waals surface area (Å²) in [5.74, 6) is 2.45. The summed E-state index contributed by atoms with van der Waals surface area (Å²) in [6.45, 7) is 2.71. The Morgan fingerprint density at radius 2 is 2.11 bits per heavy atom. The van der Waals surface area contributed by atoms with E-state index in [9.17, 15) is 4.79 Å². The summed E-state index contributed by atoms with van der Waals surface area (Å²) in [6, 6.07) is 13.9. The number of imidazole rings is 1. The van der Waals surface area contributed by atoms with Crippen molar-refractivity contribution < 1.29 is 4.79 Å². The molecule has 0 spiro atoms. The molecule has 1 aromatic carbocycles. The lowest BCUT2D eigenvalue weighted by Crippen LogP contribution is -2.41. The molecule has 27 heavy (non-hydrogen) atoms. The summed E-state index contributed by atoms with van der Waals surface area (Å²) in [6.07, 6.45) is 5.20. The number of amides is 1. The van der Waals surface area contributed by atoms with Gasteiger partial charge in [-0.1, -0.05) is 18.2 Å². The lowest BCUT2D eigenvalue weighted by molar-refractivity contribution is -0.121. The van der Waals surface area contributed by atoms with Crippen LogP contribution in [-0.2, 0) is 11.2 Å². The smallest absolute Gasteiger partial charge is 0.220 e. The molecule has 3 aromatic rings. The topological polar surface area (TPSA) is 73.9 Å². The van der Waals surface area contributed by atoms with E-state index < -0.39 is 0 Å². The van der Waals surface area contributed by atoms with Crippen LogP contribution in [0.3, 0.4) is 0 Å². The monoisotopic (exact) mass is 363 g/mol. The van der Waals surface area contributed by atoms with Crippen LogP contribution in [-0.4, -0.2) is 40.5 Å². The van der Waals surface area contributed by atoms with Gasteiger partial charge in [0.15, 0.2) is 0 Å². The van der Waals surface area contributed by atoms with Gasteiger partial charge in [0.05, 0.1) is 11.0 Å². The van der Waals surface area contributed by atoms with Gasteiger partial charge in [-0.25, -0.2) is 9.97 Å². The van der Waals surface area contributed by atoms with Crippen molar-refractivity contribution in [1.29, 1.82) is 0 Å². The standard InChI is InChI=1S/C21H25N5O/c27-21(11-10-19-24-17-7-1-2-8-18(17)25-19)23-14-16-6-5-13-26(15-16)20-9-3-4-12-22-20/h1-4,7-9,12,16H,5-6,10-11,13-15H2,(H,23,27)(H,24,25). The molecule has 0 aliphatic carbocycles. The molecule has 0 bridgehead atoms. The highest BCUT2D eigenvalue weighted by Gasteiger charge is 2.21. The van der Waals surface area contributed by atoms with E-state index in [4.69, 9.17) is 0 Å². The summed E-state index contributed by atoms with van der Waals surface area (Å²) in [5, 5.41) is 3.10. The van der Waals surface area contributed by atoms with Gasteiger partial charge < -0.3 is 15.2 Å². The Morgan fingerprint density at radius 3 is 2.96 bits per heavy atom. The molecule has 1 saturated heterocycles. The Kier molecular flexibility index (Phi) is 5.32. The van der Waals surface area contributed by atoms with E-state index in [2.05, 4.69) is 25.2 Å². The van der Waals surface area contributed by atoms with Crippen molar-refractivity contribution in [2.75, 3.05) is 24.5 Å². The molecule has 140 valence electrons. The number of nitrogens with one attached hydrogen (secondary N) is 2. The van der Waals surface area contributed by atoms with Gasteiger partial charge in [0.25, 0.3) is 0 Å². The highest BCUT2D eigenvalue weighted by molar-refractivity contribution is 5.77. The molecule has 6 heteroatoms. The molecular weight excluding hydrogens is 338 g/mol. The SMILES string of the molecule is O=C(CCc1nc2ccccc2[nH]1)NCC1CCCN(c2ccccn2)C1. The molecule has 1 unspecified atom stereocenters. The molecule has 1 fully saturated rings. The number of carbonyl (C=O) groups excluding carboxylic acids is 1. The Morgan fingerprint density at radius 1 is 1.22 bits per heavy atom. The Bertz CT molecular complexity index is 859. The van der Waals surface area contributed by atoms with Crippen molar-refractivity contribution in [2.24, 2.45) is 5.92 Å². The molecule has 0 saturated carbocycles. The normalized spacial score (nSPS) is 17.2. The fourth-order valence-electron chi connectivity index (χ4n) is 3.68. The molecule has 2 N–H and O–H groups in total. The molecular formula is C21H25N5O. The third kappa shape index (κ3) is 4.45. The fourth-order valence-corrected chi connectivity index (χ4v) is 3.68. The van der Waals surface area contributed by atoms with E-state index in [0.29, 0.717) is 18.8 Å². The number of fused-ring (bicyclic) bond motifs is 1. The highest BCUT2D eigenvalue weighted by atomic mass is 16.1. The van der Waals surface area contributed by atoms with Gasteiger partial charge >= 0.3 is 0 Å². The van der Waals surface area contributed by atoms with Gasteiger partial charge in [0.1, 0.15) is 11.6 Å². The molecule has 4 rings (SSSR count). The number of piperidine rings is 1. The first-order valence-corrected chi connectivity index (χ1v) is 9.64. The van der Waals surface area contributed by atoms with Gasteiger partial charge in [-0.3, -0.25) is 4.79 Å². The van der Waals surface area contributed by atoms with Crippen LogP contribution in [0.2, 0.25) is 0 Å². The number of aryl methyl sites for hydroxylation is 1. The average Bonchev–Trinajstić information content (AvgIpc) is 3.15. The molecule has 2 aromatic heterocycles. The Balaban J connectivity index is 1.24. The summed E-state index contributed by atoms with van der Waals surface area (Å²) in [4.78, 5) is 26.8. The first-order chi connectivity index (χ1) is 13.3. The zero-order chi connectivity index (χ0) is 18.5. The maximum atomic E-state index is 12.2. The van der Waals surface area contributed by atoms with E-state index >= 15 is 0 Å². The van der Waals surface area contributed by atoms with Crippen molar-refractivity contribution in [2.45, 2.75) is 25.7 Å². The minimum Gasteiger partial charge on any atom is -0.356 e. The number of pyridine rings is 1. The zero-order valence-corrected chi connectivity index (χ0v) is 15.4. The van der Waals surface area contributed by atoms with Crippen molar-refractivity contribution >= 4 is 22.8 Å². The second-order valence-electron chi connectivity index (χ2n) is 7.15. The minimum atomic E-state index is 0.0883. The first-order valence-electron chi connectivity index (χ1n) is 9.64. The molecule has 3 heterocycles. The van der Waals surface area contributed by atoms with E-state index in [1.165, 1.54) is 0 Å². The number of anilines is 1. The third-order valence-corrected chi connectivity index (χ3v) is 5.11. The average molecular weight is 363 g/mol. The van der Waals surface area contributed by atoms with Crippen LogP contribution in [0.15, 0.2) is 48.7 Å². The predicted octanol–water partition coefficient (Wildman–Crippen LogP) is 2.92. The Hall–Kier alpha value is -2.89. The number of nitrogens with zero attached hydrogens (tertiary/aromatic N) is 3. The van der Waals surface area contributed by atoms with Crippen LogP contribution in [0, 0.1) is 5.92 Å². The maximum absolute atomic E-state index is 12.2. The van der Waals surface area contributed by atoms with Crippen molar-refractivity contribution in [3.05, 3.63) is 54.5 Å². The zero-order valence-electron chi connectivity index (χ0n) is 15.4. The number of hydrogen-bond donors (Lipinski definition) is 2. The highest BCUT2D eigenvalue weighted by Crippen LogP contribution is 2.20. The lowest BCUT2D eigenvalue weighted by Gasteiger charge is -2.33. The van der Waals surface area contributed by atoms with Crippen LogP contribution in [0.1, 0.15) is 25.1 Å². The van der Waals surface area contributed by atoms with E-state index in [1.54, 1.807) is 0 Å². The quantitative estimate of drug-likeness (QED) is 0.706. The number of benzene rings is 1. The summed E-state index contributed by atoms with van der Waals surface area (Å²) in [7, 11) is 0. The number of carbonyl (C=O) groups is 1. The number of hydrogen-bond acceptors (Lipinski definition) is 4. The second-order valence-corrected chi connectivity index (χ2v) is 7.15. The summed E-state index contributed by atoms with van der Waals surface area (Å²) < 4.78 is 0. The second kappa shape index (κ2) is 8.20. The molecule has 6 nitrogen and oxygen atoms in total. The van der Waals surface area contributed by atoms with Crippen LogP contribution < -0.4 is 10.2 Å². The van der Waals surface area contributed by atoms with Gasteiger partial charge in [0.2, 0.25) is 5.91 Å². The third-order valence-electron chi connectivity index (χ3n) is 5.11. The molecule has 0 radical (unpaired) electrons. The number of aromatic amines is 1. The van der Waals surface area contributed by atoms with Crippen LogP contribution in [0.5, 0.6) is 0 Å². The van der Waals surface area contributed by atoms with Gasteiger partial charge in [-0.15, -0.1) is 0 Å². The minimum absolute atomic E-state index is 0.0883. The summed E-state index contributed by atoms with van der Waals surface area (Å²) >= 11 is 0. The molecule has 1 atom stereocenters. The molecule has 1 aliphatic heterocycles. The fraction of sp³-hybridized carbons (Fsp3) is 0.381. The molecule has 1 amide bonds. The van der Waals surface area contributed by atoms with Crippen LogP contribution in [0.4, 0.5) is 5.82 Å². The number of aromatic nitrogens is 3. The maximum Gasteiger partial charge on any atom is 0.220 e. The number of rotatable bonds is 6. The van der Waals surface area contributed by atoms with Crippen LogP contribution in [0.25, 0.3) is 11.0 Å². The Labute approximate surface area is 159 Å². The lowest BCUT2D eigenvalue weighted by atomic mass is 9.98. The van der Waals surface area contributed by atoms with E-state index in [-0.39, 0.29) is 5.91 Å². The van der Waals surface area contributed by atoms with Crippen LogP contribution >= 0.6 is 0 Å². The molecule has 1 aliphatic rings. The van der Waals surface area contributed by atoms with Crippen molar-refractivity contribution in [1.82, 2.24) is 20.3 Å². The van der Waals surface area contributed by atoms with Gasteiger partial charge in [0, 0.05) is 38.7 Å². The number of para-hydroxylation sites is 2. The number of H-pyrrole nitrogens is 1. The van der Waals surface area contributed by atoms with E-state index in [1.807, 2.05) is 48.7 Å². The van der Waals surface area contributed by atoms with Crippen molar-refractivity contribution in [3.63, 3.8) is 0 Å². The predicted molar refractivity (Wildman–Crippen MR) is 107 cm³/mol.